The maximum Gasteiger partial charge on any atom is 0.254 e. The first-order valence-corrected chi connectivity index (χ1v) is 10.1. The number of thioether (sulfide) groups is 1. The molecule has 26 heavy (non-hydrogen) atoms. The molecule has 0 aliphatic rings. The minimum atomic E-state index is -0.217. The van der Waals surface area contributed by atoms with Crippen LogP contribution in [0.25, 0.3) is 0 Å². The van der Waals surface area contributed by atoms with E-state index >= 15 is 0 Å². The molecule has 0 radical (unpaired) electrons. The highest BCUT2D eigenvalue weighted by atomic mass is 32.2. The van der Waals surface area contributed by atoms with Gasteiger partial charge in [0.15, 0.2) is 0 Å². The Morgan fingerprint density at radius 1 is 1.23 bits per heavy atom. The van der Waals surface area contributed by atoms with Crippen LogP contribution in [0.2, 0.25) is 0 Å². The third kappa shape index (κ3) is 5.37. The van der Waals surface area contributed by atoms with E-state index in [1.807, 2.05) is 0 Å². The van der Waals surface area contributed by atoms with Crippen molar-refractivity contribution in [2.45, 2.75) is 24.4 Å². The monoisotopic (exact) mass is 387 g/mol. The second-order valence-electron chi connectivity index (χ2n) is 5.59. The average Bonchev–Trinajstić information content (AvgIpc) is 3.19. The predicted octanol–water partition coefficient (Wildman–Crippen LogP) is 4.33. The third-order valence-electron chi connectivity index (χ3n) is 3.68. The van der Waals surface area contributed by atoms with Gasteiger partial charge in [-0.15, -0.1) is 23.1 Å². The van der Waals surface area contributed by atoms with Crippen LogP contribution >= 0.6 is 23.1 Å². The summed E-state index contributed by atoms with van der Waals surface area (Å²) in [5.41, 5.74) is 3.44. The zero-order valence-electron chi connectivity index (χ0n) is 14.0. The van der Waals surface area contributed by atoms with Gasteiger partial charge >= 0.3 is 0 Å². The fourth-order valence-corrected chi connectivity index (χ4v) is 3.83. The lowest BCUT2D eigenvalue weighted by atomic mass is 10.1. The SMILES string of the molecule is O=C(NCc1cncs1)c1cccnc1SCCCc1ccc(F)cc1. The number of nitrogens with zero attached hydrogens (tertiary/aromatic N) is 2. The summed E-state index contributed by atoms with van der Waals surface area (Å²) >= 11 is 3.08. The first-order valence-electron chi connectivity index (χ1n) is 8.20. The minimum absolute atomic E-state index is 0.132. The number of benzene rings is 1. The number of aromatic nitrogens is 2. The number of halogens is 1. The van der Waals surface area contributed by atoms with E-state index in [0.29, 0.717) is 12.1 Å². The molecule has 0 saturated heterocycles. The van der Waals surface area contributed by atoms with Crippen LogP contribution in [0.15, 0.2) is 59.3 Å². The Hall–Kier alpha value is -2.25. The summed E-state index contributed by atoms with van der Waals surface area (Å²) in [7, 11) is 0. The summed E-state index contributed by atoms with van der Waals surface area (Å²) in [6.45, 7) is 0.465. The number of carbonyl (C=O) groups is 1. The molecule has 0 atom stereocenters. The lowest BCUT2D eigenvalue weighted by Crippen LogP contribution is -2.23. The van der Waals surface area contributed by atoms with Gasteiger partial charge in [-0.1, -0.05) is 12.1 Å². The highest BCUT2D eigenvalue weighted by Crippen LogP contribution is 2.21. The molecule has 0 unspecified atom stereocenters. The molecule has 0 saturated carbocycles. The number of nitrogens with one attached hydrogen (secondary N) is 1. The first-order chi connectivity index (χ1) is 12.7. The molecule has 1 amide bonds. The molecule has 0 aliphatic carbocycles. The van der Waals surface area contributed by atoms with Crippen LogP contribution < -0.4 is 5.32 Å². The number of aryl methyl sites for hydroxylation is 1. The maximum absolute atomic E-state index is 12.9. The van der Waals surface area contributed by atoms with Crippen molar-refractivity contribution in [1.82, 2.24) is 15.3 Å². The van der Waals surface area contributed by atoms with Gasteiger partial charge in [0.1, 0.15) is 10.8 Å². The Kier molecular flexibility index (Phi) is 6.74. The number of amides is 1. The van der Waals surface area contributed by atoms with E-state index < -0.39 is 0 Å². The van der Waals surface area contributed by atoms with E-state index in [1.54, 1.807) is 53.9 Å². The third-order valence-corrected chi connectivity index (χ3v) is 5.56. The molecule has 3 rings (SSSR count). The number of carbonyl (C=O) groups excluding carboxylic acids is 1. The van der Waals surface area contributed by atoms with Gasteiger partial charge in [-0.05, 0) is 48.4 Å². The van der Waals surface area contributed by atoms with Crippen molar-refractivity contribution in [2.75, 3.05) is 5.75 Å². The molecular weight excluding hydrogens is 369 g/mol. The summed E-state index contributed by atoms with van der Waals surface area (Å²) in [4.78, 5) is 21.8. The molecule has 4 nitrogen and oxygen atoms in total. The molecule has 1 aromatic carbocycles. The molecule has 1 N–H and O–H groups in total. The summed E-state index contributed by atoms with van der Waals surface area (Å²) < 4.78 is 12.9. The normalized spacial score (nSPS) is 10.7. The zero-order chi connectivity index (χ0) is 18.2. The van der Waals surface area contributed by atoms with Gasteiger partial charge in [0.2, 0.25) is 0 Å². The molecule has 3 aromatic rings. The molecule has 0 fully saturated rings. The van der Waals surface area contributed by atoms with Crippen molar-refractivity contribution in [3.8, 4) is 0 Å². The Morgan fingerprint density at radius 2 is 2.08 bits per heavy atom. The van der Waals surface area contributed by atoms with Crippen molar-refractivity contribution in [1.29, 1.82) is 0 Å². The smallest absolute Gasteiger partial charge is 0.254 e. The summed E-state index contributed by atoms with van der Waals surface area (Å²) in [5.74, 6) is 0.488. The summed E-state index contributed by atoms with van der Waals surface area (Å²) in [6, 6.07) is 10.1. The molecule has 134 valence electrons. The van der Waals surface area contributed by atoms with E-state index in [2.05, 4.69) is 15.3 Å². The first kappa shape index (κ1) is 18.5. The van der Waals surface area contributed by atoms with Gasteiger partial charge in [0.05, 0.1) is 17.6 Å². The van der Waals surface area contributed by atoms with E-state index in [4.69, 9.17) is 0 Å². The van der Waals surface area contributed by atoms with Crippen molar-refractivity contribution in [3.63, 3.8) is 0 Å². The Balaban J connectivity index is 1.51. The van der Waals surface area contributed by atoms with Crippen molar-refractivity contribution in [2.24, 2.45) is 0 Å². The molecule has 0 bridgehead atoms. The maximum atomic E-state index is 12.9. The van der Waals surface area contributed by atoms with Crippen LogP contribution in [0, 0.1) is 5.82 Å². The Bertz CT molecular complexity index is 838. The second kappa shape index (κ2) is 9.45. The molecule has 0 spiro atoms. The lowest BCUT2D eigenvalue weighted by molar-refractivity contribution is 0.0947. The summed E-state index contributed by atoms with van der Waals surface area (Å²) in [6.07, 6.45) is 5.24. The molecule has 2 heterocycles. The molecule has 0 aliphatic heterocycles. The van der Waals surface area contributed by atoms with Crippen LogP contribution in [0.1, 0.15) is 27.2 Å². The number of hydrogen-bond acceptors (Lipinski definition) is 5. The van der Waals surface area contributed by atoms with Gasteiger partial charge in [0.25, 0.3) is 5.91 Å². The van der Waals surface area contributed by atoms with E-state index in [0.717, 1.165) is 34.1 Å². The van der Waals surface area contributed by atoms with E-state index in [9.17, 15) is 9.18 Å². The fraction of sp³-hybridized carbons (Fsp3) is 0.211. The zero-order valence-corrected chi connectivity index (χ0v) is 15.7. The largest absolute Gasteiger partial charge is 0.347 e. The van der Waals surface area contributed by atoms with Crippen LogP contribution in [0.4, 0.5) is 4.39 Å². The van der Waals surface area contributed by atoms with Crippen LogP contribution in [0.5, 0.6) is 0 Å². The fourth-order valence-electron chi connectivity index (χ4n) is 2.37. The van der Waals surface area contributed by atoms with Gasteiger partial charge < -0.3 is 5.32 Å². The minimum Gasteiger partial charge on any atom is -0.347 e. The number of thiazole rings is 1. The lowest BCUT2D eigenvalue weighted by Gasteiger charge is -2.08. The predicted molar refractivity (Wildman–Crippen MR) is 103 cm³/mol. The van der Waals surface area contributed by atoms with Crippen molar-refractivity contribution < 1.29 is 9.18 Å². The van der Waals surface area contributed by atoms with Crippen molar-refractivity contribution in [3.05, 3.63) is 76.1 Å². The number of pyridine rings is 1. The van der Waals surface area contributed by atoms with Gasteiger partial charge in [-0.25, -0.2) is 9.37 Å². The summed E-state index contributed by atoms with van der Waals surface area (Å²) in [5, 5.41) is 3.64. The van der Waals surface area contributed by atoms with Crippen LogP contribution in [-0.4, -0.2) is 21.6 Å². The number of rotatable bonds is 8. The standard InChI is InChI=1S/C19H18FN3OS2/c20-15-7-5-14(6-8-15)3-2-10-25-19-17(4-1-9-22-19)18(24)23-12-16-11-21-13-26-16/h1,4-9,11,13H,2-3,10,12H2,(H,23,24). The molecule has 7 heteroatoms. The topological polar surface area (TPSA) is 54.9 Å². The average molecular weight is 388 g/mol. The quantitative estimate of drug-likeness (QED) is 0.462. The highest BCUT2D eigenvalue weighted by molar-refractivity contribution is 7.99. The Labute approximate surface area is 159 Å². The van der Waals surface area contributed by atoms with E-state index in [-0.39, 0.29) is 11.7 Å². The molecular formula is C19H18FN3OS2. The van der Waals surface area contributed by atoms with Gasteiger partial charge in [-0.2, -0.15) is 0 Å². The van der Waals surface area contributed by atoms with Gasteiger partial charge in [0, 0.05) is 17.3 Å². The molecule has 2 aromatic heterocycles. The van der Waals surface area contributed by atoms with Gasteiger partial charge in [-0.3, -0.25) is 9.78 Å². The van der Waals surface area contributed by atoms with Crippen molar-refractivity contribution >= 4 is 29.0 Å². The highest BCUT2D eigenvalue weighted by Gasteiger charge is 2.12. The van der Waals surface area contributed by atoms with Crippen LogP contribution in [0.3, 0.4) is 0 Å². The second-order valence-corrected chi connectivity index (χ2v) is 7.64. The Morgan fingerprint density at radius 3 is 2.85 bits per heavy atom. The van der Waals surface area contributed by atoms with E-state index in [1.165, 1.54) is 23.5 Å². The number of hydrogen-bond donors (Lipinski definition) is 1. The van der Waals surface area contributed by atoms with Crippen LogP contribution in [-0.2, 0) is 13.0 Å².